The minimum Gasteiger partial charge on any atom is -0.493 e. The van der Waals surface area contributed by atoms with Crippen LogP contribution in [0.5, 0.6) is 5.75 Å². The van der Waals surface area contributed by atoms with E-state index in [4.69, 9.17) is 4.74 Å². The fourth-order valence-corrected chi connectivity index (χ4v) is 3.77. The zero-order valence-corrected chi connectivity index (χ0v) is 15.0. The highest BCUT2D eigenvalue weighted by Gasteiger charge is 2.27. The van der Waals surface area contributed by atoms with Gasteiger partial charge in [0.05, 0.1) is 11.5 Å². The standard InChI is InChI=1S/C19H24N2O2S/c1-2-3-13-23-16-10-6-5-9-15(16)14-17-18(22)20-19(24-17)21-11-7-4-8-12-21/h5-6,9-10,14H,2-4,7-8,11-13H2,1H3. The van der Waals surface area contributed by atoms with E-state index in [0.29, 0.717) is 11.5 Å². The zero-order chi connectivity index (χ0) is 16.8. The minimum atomic E-state index is -0.135. The molecule has 0 N–H and O–H groups in total. The molecule has 1 aromatic carbocycles. The summed E-state index contributed by atoms with van der Waals surface area (Å²) < 4.78 is 5.85. The maximum absolute atomic E-state index is 12.3. The Bertz CT molecular complexity index is 649. The van der Waals surface area contributed by atoms with Crippen LogP contribution in [0.25, 0.3) is 6.08 Å². The average Bonchev–Trinajstić information content (AvgIpc) is 2.98. The van der Waals surface area contributed by atoms with E-state index < -0.39 is 0 Å². The van der Waals surface area contributed by atoms with Gasteiger partial charge >= 0.3 is 0 Å². The van der Waals surface area contributed by atoms with Crippen molar-refractivity contribution in [3.8, 4) is 5.75 Å². The fourth-order valence-electron chi connectivity index (χ4n) is 2.82. The van der Waals surface area contributed by atoms with Crippen LogP contribution in [-0.4, -0.2) is 35.7 Å². The second kappa shape index (κ2) is 8.38. The van der Waals surface area contributed by atoms with Crippen molar-refractivity contribution in [3.05, 3.63) is 34.7 Å². The Morgan fingerprint density at radius 2 is 2.04 bits per heavy atom. The van der Waals surface area contributed by atoms with Crippen molar-refractivity contribution in [1.82, 2.24) is 4.90 Å². The molecule has 2 aliphatic heterocycles. The Morgan fingerprint density at radius 1 is 1.25 bits per heavy atom. The number of benzene rings is 1. The number of rotatable bonds is 5. The molecule has 1 saturated heterocycles. The smallest absolute Gasteiger partial charge is 0.286 e. The van der Waals surface area contributed by atoms with Crippen LogP contribution in [0.2, 0.25) is 0 Å². The van der Waals surface area contributed by atoms with Gasteiger partial charge in [0.15, 0.2) is 5.17 Å². The van der Waals surface area contributed by atoms with Gasteiger partial charge in [-0.25, -0.2) is 0 Å². The number of likely N-dealkylation sites (tertiary alicyclic amines) is 1. The van der Waals surface area contributed by atoms with Crippen molar-refractivity contribution >= 4 is 28.9 Å². The number of amidine groups is 1. The molecule has 3 rings (SSSR count). The van der Waals surface area contributed by atoms with E-state index >= 15 is 0 Å². The number of hydrogen-bond donors (Lipinski definition) is 0. The van der Waals surface area contributed by atoms with Crippen molar-refractivity contribution in [3.63, 3.8) is 0 Å². The molecule has 0 atom stereocenters. The third-order valence-electron chi connectivity index (χ3n) is 4.20. The van der Waals surface area contributed by atoms with E-state index in [2.05, 4.69) is 16.8 Å². The lowest BCUT2D eigenvalue weighted by Gasteiger charge is -2.27. The molecule has 5 heteroatoms. The lowest BCUT2D eigenvalue weighted by Crippen LogP contribution is -2.33. The predicted octanol–water partition coefficient (Wildman–Crippen LogP) is 4.32. The van der Waals surface area contributed by atoms with Crippen molar-refractivity contribution in [2.75, 3.05) is 19.7 Å². The topological polar surface area (TPSA) is 41.9 Å². The highest BCUT2D eigenvalue weighted by atomic mass is 32.2. The highest BCUT2D eigenvalue weighted by molar-refractivity contribution is 8.18. The van der Waals surface area contributed by atoms with Crippen molar-refractivity contribution in [1.29, 1.82) is 0 Å². The Hall–Kier alpha value is -1.75. The van der Waals surface area contributed by atoms with Crippen LogP contribution in [0.4, 0.5) is 0 Å². The molecule has 0 unspecified atom stereocenters. The molecule has 2 aliphatic rings. The highest BCUT2D eigenvalue weighted by Crippen LogP contribution is 2.33. The first-order valence-electron chi connectivity index (χ1n) is 8.77. The lowest BCUT2D eigenvalue weighted by molar-refractivity contribution is -0.113. The average molecular weight is 344 g/mol. The summed E-state index contributed by atoms with van der Waals surface area (Å²) in [5, 5.41) is 0.857. The van der Waals surface area contributed by atoms with Gasteiger partial charge in [0.2, 0.25) is 0 Å². The van der Waals surface area contributed by atoms with Gasteiger partial charge < -0.3 is 9.64 Å². The summed E-state index contributed by atoms with van der Waals surface area (Å²) in [6, 6.07) is 7.87. The molecule has 0 saturated carbocycles. The van der Waals surface area contributed by atoms with Gasteiger partial charge in [-0.05, 0) is 49.6 Å². The van der Waals surface area contributed by atoms with Crippen LogP contribution in [0.15, 0.2) is 34.2 Å². The first-order chi connectivity index (χ1) is 11.8. The molecule has 4 nitrogen and oxygen atoms in total. The quantitative estimate of drug-likeness (QED) is 0.589. The number of thioether (sulfide) groups is 1. The fraction of sp³-hybridized carbons (Fsp3) is 0.474. The van der Waals surface area contributed by atoms with E-state index in [1.165, 1.54) is 31.0 Å². The second-order valence-corrected chi connectivity index (χ2v) is 7.11. The van der Waals surface area contributed by atoms with E-state index in [-0.39, 0.29) is 5.91 Å². The summed E-state index contributed by atoms with van der Waals surface area (Å²) in [7, 11) is 0. The van der Waals surface area contributed by atoms with Crippen molar-refractivity contribution in [2.45, 2.75) is 39.0 Å². The SMILES string of the molecule is CCCCOc1ccccc1C=C1SC(N2CCCCC2)=NC1=O. The number of hydrogen-bond acceptors (Lipinski definition) is 4. The summed E-state index contributed by atoms with van der Waals surface area (Å²) in [4.78, 5) is 19.4. The molecule has 2 heterocycles. The molecule has 1 fully saturated rings. The number of ether oxygens (including phenoxy) is 1. The first kappa shape index (κ1) is 17.1. The third kappa shape index (κ3) is 4.20. The summed E-state index contributed by atoms with van der Waals surface area (Å²) in [6.07, 6.45) is 7.68. The summed E-state index contributed by atoms with van der Waals surface area (Å²) in [6.45, 7) is 4.85. The number of aliphatic imine (C=N–C) groups is 1. The van der Waals surface area contributed by atoms with E-state index in [0.717, 1.165) is 42.4 Å². The van der Waals surface area contributed by atoms with Gasteiger partial charge in [-0.2, -0.15) is 4.99 Å². The van der Waals surface area contributed by atoms with E-state index in [1.807, 2.05) is 30.3 Å². The molecule has 1 amide bonds. The molecule has 0 bridgehead atoms. The minimum absolute atomic E-state index is 0.135. The van der Waals surface area contributed by atoms with Crippen LogP contribution in [0.1, 0.15) is 44.6 Å². The van der Waals surface area contributed by atoms with Gasteiger partial charge in [-0.1, -0.05) is 31.5 Å². The Kier molecular flexibility index (Phi) is 5.96. The summed E-state index contributed by atoms with van der Waals surface area (Å²) in [5.74, 6) is 0.696. The maximum Gasteiger partial charge on any atom is 0.286 e. The maximum atomic E-state index is 12.3. The number of piperidine rings is 1. The number of carbonyl (C=O) groups excluding carboxylic acids is 1. The molecule has 1 aromatic rings. The predicted molar refractivity (Wildman–Crippen MR) is 100 cm³/mol. The van der Waals surface area contributed by atoms with Crippen LogP contribution in [-0.2, 0) is 4.79 Å². The molecule has 0 spiro atoms. The Balaban J connectivity index is 1.72. The van der Waals surface area contributed by atoms with Gasteiger partial charge in [-0.3, -0.25) is 4.79 Å². The van der Waals surface area contributed by atoms with Crippen molar-refractivity contribution < 1.29 is 9.53 Å². The lowest BCUT2D eigenvalue weighted by atomic mass is 10.1. The van der Waals surface area contributed by atoms with Crippen LogP contribution in [0.3, 0.4) is 0 Å². The number of carbonyl (C=O) groups is 1. The number of amides is 1. The molecular weight excluding hydrogens is 320 g/mol. The van der Waals surface area contributed by atoms with Crippen LogP contribution >= 0.6 is 11.8 Å². The number of unbranched alkanes of at least 4 members (excludes halogenated alkanes) is 1. The van der Waals surface area contributed by atoms with Gasteiger partial charge in [0.25, 0.3) is 5.91 Å². The number of para-hydroxylation sites is 1. The van der Waals surface area contributed by atoms with Gasteiger partial charge in [0, 0.05) is 18.7 Å². The first-order valence-corrected chi connectivity index (χ1v) is 9.59. The van der Waals surface area contributed by atoms with Crippen LogP contribution in [0, 0.1) is 0 Å². The Morgan fingerprint density at radius 3 is 2.83 bits per heavy atom. The summed E-state index contributed by atoms with van der Waals surface area (Å²) >= 11 is 1.49. The molecule has 24 heavy (non-hydrogen) atoms. The number of nitrogens with zero attached hydrogens (tertiary/aromatic N) is 2. The van der Waals surface area contributed by atoms with E-state index in [9.17, 15) is 4.79 Å². The molecule has 128 valence electrons. The zero-order valence-electron chi connectivity index (χ0n) is 14.2. The molecule has 0 radical (unpaired) electrons. The molecule has 0 aliphatic carbocycles. The second-order valence-electron chi connectivity index (χ2n) is 6.10. The van der Waals surface area contributed by atoms with Gasteiger partial charge in [0.1, 0.15) is 5.75 Å². The van der Waals surface area contributed by atoms with E-state index in [1.54, 1.807) is 0 Å². The normalized spacial score (nSPS) is 19.7. The molecule has 0 aromatic heterocycles. The molecular formula is C19H24N2O2S. The Labute approximate surface area is 148 Å². The van der Waals surface area contributed by atoms with Gasteiger partial charge in [-0.15, -0.1) is 0 Å². The van der Waals surface area contributed by atoms with Crippen molar-refractivity contribution in [2.24, 2.45) is 4.99 Å². The monoisotopic (exact) mass is 344 g/mol. The largest absolute Gasteiger partial charge is 0.493 e. The van der Waals surface area contributed by atoms with Crippen LogP contribution < -0.4 is 4.74 Å². The third-order valence-corrected chi connectivity index (χ3v) is 5.24. The summed E-state index contributed by atoms with van der Waals surface area (Å²) in [5.41, 5.74) is 0.944.